The lowest BCUT2D eigenvalue weighted by molar-refractivity contribution is 0.415. The van der Waals surface area contributed by atoms with Crippen LogP contribution >= 0.6 is 0 Å². The lowest BCUT2D eigenvalue weighted by Gasteiger charge is -2.18. The summed E-state index contributed by atoms with van der Waals surface area (Å²) in [5.74, 6) is 2.47. The van der Waals surface area contributed by atoms with Gasteiger partial charge in [-0.05, 0) is 35.9 Å². The average Bonchev–Trinajstić information content (AvgIpc) is 2.79. The van der Waals surface area contributed by atoms with Gasteiger partial charge in [0, 0.05) is 16.7 Å². The van der Waals surface area contributed by atoms with Gasteiger partial charge in [0.25, 0.3) is 0 Å². The molecule has 0 saturated heterocycles. The highest BCUT2D eigenvalue weighted by atomic mass is 16.5. The summed E-state index contributed by atoms with van der Waals surface area (Å²) in [5, 5.41) is 0. The molecule has 0 saturated carbocycles. The van der Waals surface area contributed by atoms with E-state index < -0.39 is 0 Å². The van der Waals surface area contributed by atoms with Crippen LogP contribution in [-0.4, -0.2) is 7.11 Å². The van der Waals surface area contributed by atoms with Crippen LogP contribution in [0.4, 0.5) is 0 Å². The molecule has 4 rings (SSSR count). The molecule has 0 spiro atoms. The van der Waals surface area contributed by atoms with Gasteiger partial charge in [-0.15, -0.1) is 5.73 Å². The molecule has 1 heterocycles. The van der Waals surface area contributed by atoms with Crippen LogP contribution < -0.4 is 4.74 Å². The molecule has 2 heteroatoms. The summed E-state index contributed by atoms with van der Waals surface area (Å²) in [6, 6.07) is 28.1. The third-order valence-corrected chi connectivity index (χ3v) is 4.43. The number of hydrogen-bond acceptors (Lipinski definition) is 2. The van der Waals surface area contributed by atoms with Crippen LogP contribution in [-0.2, 0) is 4.74 Å². The lowest BCUT2D eigenvalue weighted by Crippen LogP contribution is -1.99. The largest absolute Gasteiger partial charge is 0.497 e. The summed E-state index contributed by atoms with van der Waals surface area (Å²) in [6.45, 7) is 0. The fourth-order valence-corrected chi connectivity index (χ4v) is 2.94. The molecule has 1 aliphatic rings. The fraction of sp³-hybridized carbons (Fsp3) is 0.0385. The highest BCUT2D eigenvalue weighted by Gasteiger charge is 2.14. The number of benzene rings is 3. The summed E-state index contributed by atoms with van der Waals surface area (Å²) in [7, 11) is 1.67. The van der Waals surface area contributed by atoms with E-state index in [9.17, 15) is 0 Å². The molecule has 0 aliphatic carbocycles. The lowest BCUT2D eigenvalue weighted by atomic mass is 10.0. The van der Waals surface area contributed by atoms with Gasteiger partial charge in [-0.2, -0.15) is 0 Å². The van der Waals surface area contributed by atoms with E-state index in [0.29, 0.717) is 0 Å². The van der Waals surface area contributed by atoms with E-state index in [1.807, 2.05) is 103 Å². The normalized spacial score (nSPS) is 13.0. The SMILES string of the molecule is COc1ccc(C=C=C2C=C(c3ccccc3)OC(c3ccccc3)=C2)cc1. The van der Waals surface area contributed by atoms with Crippen molar-refractivity contribution in [1.82, 2.24) is 0 Å². The Morgan fingerprint density at radius 3 is 1.75 bits per heavy atom. The van der Waals surface area contributed by atoms with E-state index in [2.05, 4.69) is 5.73 Å². The van der Waals surface area contributed by atoms with E-state index in [-0.39, 0.29) is 0 Å². The minimum absolute atomic E-state index is 0.813. The summed E-state index contributed by atoms with van der Waals surface area (Å²) < 4.78 is 11.4. The Bertz CT molecular complexity index is 1010. The van der Waals surface area contributed by atoms with E-state index >= 15 is 0 Å². The van der Waals surface area contributed by atoms with Gasteiger partial charge in [-0.3, -0.25) is 0 Å². The number of hydrogen-bond donors (Lipinski definition) is 0. The maximum Gasteiger partial charge on any atom is 0.135 e. The molecular weight excluding hydrogens is 344 g/mol. The molecule has 3 aromatic rings. The predicted molar refractivity (Wildman–Crippen MR) is 114 cm³/mol. The first-order valence-corrected chi connectivity index (χ1v) is 9.15. The highest BCUT2D eigenvalue weighted by Crippen LogP contribution is 2.31. The van der Waals surface area contributed by atoms with Gasteiger partial charge < -0.3 is 9.47 Å². The minimum atomic E-state index is 0.813. The van der Waals surface area contributed by atoms with Crippen LogP contribution in [0.5, 0.6) is 5.75 Å². The second-order valence-electron chi connectivity index (χ2n) is 6.37. The quantitative estimate of drug-likeness (QED) is 0.503. The van der Waals surface area contributed by atoms with Gasteiger partial charge in [0.2, 0.25) is 0 Å². The Hall–Kier alpha value is -3.74. The van der Waals surface area contributed by atoms with Crippen molar-refractivity contribution in [3.05, 3.63) is 125 Å². The first kappa shape index (κ1) is 17.7. The molecule has 0 unspecified atom stereocenters. The van der Waals surface area contributed by atoms with Gasteiger partial charge >= 0.3 is 0 Å². The van der Waals surface area contributed by atoms with Gasteiger partial charge in [-0.1, -0.05) is 72.8 Å². The van der Waals surface area contributed by atoms with Gasteiger partial charge in [0.05, 0.1) is 7.11 Å². The molecular formula is C26H20O2. The number of ether oxygens (including phenoxy) is 2. The van der Waals surface area contributed by atoms with Crippen LogP contribution in [0.15, 0.2) is 108 Å². The van der Waals surface area contributed by atoms with E-state index in [4.69, 9.17) is 9.47 Å². The Morgan fingerprint density at radius 2 is 1.25 bits per heavy atom. The van der Waals surface area contributed by atoms with E-state index in [0.717, 1.165) is 39.5 Å². The second-order valence-corrected chi connectivity index (χ2v) is 6.37. The summed E-state index contributed by atoms with van der Waals surface area (Å²) in [4.78, 5) is 0. The van der Waals surface area contributed by atoms with Crippen molar-refractivity contribution < 1.29 is 9.47 Å². The molecule has 0 N–H and O–H groups in total. The maximum absolute atomic E-state index is 6.20. The van der Waals surface area contributed by atoms with Crippen LogP contribution in [0.3, 0.4) is 0 Å². The Morgan fingerprint density at radius 1 is 0.714 bits per heavy atom. The van der Waals surface area contributed by atoms with E-state index in [1.165, 1.54) is 0 Å². The summed E-state index contributed by atoms with van der Waals surface area (Å²) in [6.07, 6.45) is 6.00. The molecule has 2 nitrogen and oxygen atoms in total. The first-order valence-electron chi connectivity index (χ1n) is 9.15. The van der Waals surface area contributed by atoms with Crippen molar-refractivity contribution in [3.8, 4) is 5.75 Å². The maximum atomic E-state index is 6.20. The molecule has 3 aromatic carbocycles. The minimum Gasteiger partial charge on any atom is -0.497 e. The van der Waals surface area contributed by atoms with Crippen molar-refractivity contribution in [3.63, 3.8) is 0 Å². The van der Waals surface area contributed by atoms with Gasteiger partial charge in [0.15, 0.2) is 0 Å². The van der Waals surface area contributed by atoms with Crippen molar-refractivity contribution in [2.45, 2.75) is 0 Å². The van der Waals surface area contributed by atoms with Crippen molar-refractivity contribution in [1.29, 1.82) is 0 Å². The van der Waals surface area contributed by atoms with Gasteiger partial charge in [0.1, 0.15) is 17.3 Å². The molecule has 0 radical (unpaired) electrons. The number of allylic oxidation sites excluding steroid dienone is 3. The highest BCUT2D eigenvalue weighted by molar-refractivity contribution is 5.77. The van der Waals surface area contributed by atoms with Gasteiger partial charge in [-0.25, -0.2) is 0 Å². The number of methoxy groups -OCH3 is 1. The van der Waals surface area contributed by atoms with Crippen LogP contribution in [0.2, 0.25) is 0 Å². The molecule has 0 bridgehead atoms. The molecule has 28 heavy (non-hydrogen) atoms. The second kappa shape index (κ2) is 8.30. The third-order valence-electron chi connectivity index (χ3n) is 4.43. The Balaban J connectivity index is 1.74. The molecule has 0 amide bonds. The molecule has 0 fully saturated rings. The first-order chi connectivity index (χ1) is 13.8. The average molecular weight is 364 g/mol. The molecule has 0 atom stereocenters. The zero-order valence-electron chi connectivity index (χ0n) is 15.6. The van der Waals surface area contributed by atoms with Crippen LogP contribution in [0.25, 0.3) is 17.6 Å². The predicted octanol–water partition coefficient (Wildman–Crippen LogP) is 6.35. The standard InChI is InChI=1S/C26H20O2/c1-27-24-16-14-20(15-17-24)12-13-21-18-25(22-8-4-2-5-9-22)28-26(19-21)23-10-6-3-7-11-23/h2-12,14-19H,1H3. The smallest absolute Gasteiger partial charge is 0.135 e. The topological polar surface area (TPSA) is 18.5 Å². The molecule has 0 aromatic heterocycles. The van der Waals surface area contributed by atoms with Crippen molar-refractivity contribution in [2.75, 3.05) is 7.11 Å². The molecule has 1 aliphatic heterocycles. The summed E-state index contributed by atoms with van der Waals surface area (Å²) >= 11 is 0. The van der Waals surface area contributed by atoms with Crippen molar-refractivity contribution >= 4 is 17.6 Å². The fourth-order valence-electron chi connectivity index (χ4n) is 2.94. The van der Waals surface area contributed by atoms with Crippen LogP contribution in [0.1, 0.15) is 16.7 Å². The summed E-state index contributed by atoms with van der Waals surface area (Å²) in [5.41, 5.74) is 7.48. The zero-order chi connectivity index (χ0) is 19.2. The van der Waals surface area contributed by atoms with E-state index in [1.54, 1.807) is 7.11 Å². The number of rotatable bonds is 4. The monoisotopic (exact) mass is 364 g/mol. The Labute approximate surface area is 165 Å². The zero-order valence-corrected chi connectivity index (χ0v) is 15.6. The molecule has 136 valence electrons. The Kier molecular flexibility index (Phi) is 5.24. The van der Waals surface area contributed by atoms with Crippen LogP contribution in [0, 0.1) is 0 Å². The van der Waals surface area contributed by atoms with Crippen molar-refractivity contribution in [2.24, 2.45) is 0 Å². The third kappa shape index (κ3) is 4.15.